The molecule has 2 rings (SSSR count). The molecule has 1 saturated carbocycles. The first-order valence-corrected chi connectivity index (χ1v) is 6.53. The van der Waals surface area contributed by atoms with Crippen LogP contribution in [0.15, 0.2) is 24.3 Å². The molecule has 0 bridgehead atoms. The van der Waals surface area contributed by atoms with E-state index in [-0.39, 0.29) is 17.6 Å². The van der Waals surface area contributed by atoms with Crippen LogP contribution < -0.4 is 0 Å². The maximum absolute atomic E-state index is 12.2. The molecule has 0 unspecified atom stereocenters. The zero-order valence-corrected chi connectivity index (χ0v) is 11.2. The van der Waals surface area contributed by atoms with Gasteiger partial charge in [0.25, 0.3) is 5.69 Å². The molecule has 0 saturated heterocycles. The van der Waals surface area contributed by atoms with Gasteiger partial charge >= 0.3 is 0 Å². The van der Waals surface area contributed by atoms with Gasteiger partial charge < -0.3 is 4.90 Å². The molecule has 0 spiro atoms. The largest absolute Gasteiger partial charge is 0.337 e. The minimum atomic E-state index is -0.434. The van der Waals surface area contributed by atoms with Crippen molar-refractivity contribution in [1.29, 1.82) is 0 Å². The summed E-state index contributed by atoms with van der Waals surface area (Å²) in [6.07, 6.45) is 2.49. The summed E-state index contributed by atoms with van der Waals surface area (Å²) in [4.78, 5) is 24.3. The maximum atomic E-state index is 12.2. The highest BCUT2D eigenvalue weighted by Gasteiger charge is 2.33. The number of hydrogen-bond donors (Lipinski definition) is 0. The monoisotopic (exact) mass is 262 g/mol. The molecule has 0 aromatic heterocycles. The summed E-state index contributed by atoms with van der Waals surface area (Å²) in [5.41, 5.74) is 0.876. The molecule has 5 nitrogen and oxygen atoms in total. The van der Waals surface area contributed by atoms with Crippen molar-refractivity contribution < 1.29 is 9.72 Å². The highest BCUT2D eigenvalue weighted by atomic mass is 16.6. The van der Waals surface area contributed by atoms with Gasteiger partial charge in [0, 0.05) is 24.2 Å². The van der Waals surface area contributed by atoms with Crippen molar-refractivity contribution in [2.45, 2.75) is 45.2 Å². The molecular formula is C14H18N2O3. The predicted molar refractivity (Wildman–Crippen MR) is 71.8 cm³/mol. The lowest BCUT2D eigenvalue weighted by Gasteiger charge is -2.26. The molecule has 1 fully saturated rings. The normalized spacial score (nSPS) is 14.5. The Morgan fingerprint density at radius 3 is 2.37 bits per heavy atom. The van der Waals surface area contributed by atoms with Crippen LogP contribution in [0.25, 0.3) is 0 Å². The van der Waals surface area contributed by atoms with E-state index in [1.54, 1.807) is 12.1 Å². The number of nitrogens with zero attached hydrogens (tertiary/aromatic N) is 2. The second-order valence-corrected chi connectivity index (χ2v) is 5.23. The summed E-state index contributed by atoms with van der Waals surface area (Å²) in [7, 11) is 0. The molecule has 19 heavy (non-hydrogen) atoms. The van der Waals surface area contributed by atoms with Crippen LogP contribution in [0, 0.1) is 10.1 Å². The van der Waals surface area contributed by atoms with E-state index in [4.69, 9.17) is 0 Å². The lowest BCUT2D eigenvalue weighted by Crippen LogP contribution is -2.39. The lowest BCUT2D eigenvalue weighted by molar-refractivity contribution is -0.384. The highest BCUT2D eigenvalue weighted by molar-refractivity contribution is 5.79. The van der Waals surface area contributed by atoms with Crippen LogP contribution in [0.4, 0.5) is 5.69 Å². The number of amides is 1. The van der Waals surface area contributed by atoms with Crippen LogP contribution in [0.2, 0.25) is 0 Å². The number of carbonyl (C=O) groups excluding carboxylic acids is 1. The Kier molecular flexibility index (Phi) is 3.83. The van der Waals surface area contributed by atoms with Gasteiger partial charge in [-0.05, 0) is 32.3 Å². The average molecular weight is 262 g/mol. The third-order valence-electron chi connectivity index (χ3n) is 3.29. The fourth-order valence-corrected chi connectivity index (χ4v) is 2.27. The summed E-state index contributed by atoms with van der Waals surface area (Å²) >= 11 is 0. The molecule has 1 aromatic carbocycles. The maximum Gasteiger partial charge on any atom is 0.269 e. The average Bonchev–Trinajstić information content (AvgIpc) is 3.13. The number of nitro benzene ring substituents is 1. The molecule has 102 valence electrons. The molecule has 0 heterocycles. The van der Waals surface area contributed by atoms with Gasteiger partial charge in [-0.25, -0.2) is 0 Å². The van der Waals surface area contributed by atoms with Crippen molar-refractivity contribution in [3.8, 4) is 0 Å². The van der Waals surface area contributed by atoms with Gasteiger partial charge in [0.05, 0.1) is 11.3 Å². The smallest absolute Gasteiger partial charge is 0.269 e. The van der Waals surface area contributed by atoms with Crippen LogP contribution in [0.1, 0.15) is 32.3 Å². The first-order valence-electron chi connectivity index (χ1n) is 6.53. The van der Waals surface area contributed by atoms with Crippen LogP contribution in [-0.4, -0.2) is 27.8 Å². The van der Waals surface area contributed by atoms with Gasteiger partial charge in [-0.2, -0.15) is 0 Å². The van der Waals surface area contributed by atoms with E-state index in [2.05, 4.69) is 0 Å². The Morgan fingerprint density at radius 1 is 1.37 bits per heavy atom. The second-order valence-electron chi connectivity index (χ2n) is 5.23. The molecule has 1 amide bonds. The number of hydrogen-bond acceptors (Lipinski definition) is 3. The van der Waals surface area contributed by atoms with E-state index in [0.717, 1.165) is 18.4 Å². The van der Waals surface area contributed by atoms with Gasteiger partial charge in [-0.3, -0.25) is 14.9 Å². The SMILES string of the molecule is CC(C)N(C(=O)Cc1ccc([N+](=O)[O-])cc1)C1CC1. The fourth-order valence-electron chi connectivity index (χ4n) is 2.27. The molecule has 0 N–H and O–H groups in total. The van der Waals surface area contributed by atoms with E-state index >= 15 is 0 Å². The van der Waals surface area contributed by atoms with Gasteiger partial charge in [-0.15, -0.1) is 0 Å². The van der Waals surface area contributed by atoms with Crippen LogP contribution in [-0.2, 0) is 11.2 Å². The van der Waals surface area contributed by atoms with E-state index in [1.165, 1.54) is 12.1 Å². The minimum Gasteiger partial charge on any atom is -0.337 e. The Morgan fingerprint density at radius 2 is 1.95 bits per heavy atom. The first-order chi connectivity index (χ1) is 8.99. The Bertz CT molecular complexity index is 476. The van der Waals surface area contributed by atoms with Crippen LogP contribution in [0.5, 0.6) is 0 Å². The van der Waals surface area contributed by atoms with Gasteiger partial charge in [-0.1, -0.05) is 12.1 Å². The molecular weight excluding hydrogens is 244 g/mol. The third kappa shape index (κ3) is 3.30. The van der Waals surface area contributed by atoms with E-state index < -0.39 is 4.92 Å². The van der Waals surface area contributed by atoms with Crippen LogP contribution >= 0.6 is 0 Å². The van der Waals surface area contributed by atoms with Crippen molar-refractivity contribution >= 4 is 11.6 Å². The number of nitro groups is 1. The van der Waals surface area contributed by atoms with Crippen molar-refractivity contribution in [2.24, 2.45) is 0 Å². The molecule has 1 aliphatic carbocycles. The zero-order valence-electron chi connectivity index (χ0n) is 11.2. The highest BCUT2D eigenvalue weighted by Crippen LogP contribution is 2.29. The molecule has 1 aliphatic rings. The number of benzene rings is 1. The Balaban J connectivity index is 2.03. The topological polar surface area (TPSA) is 63.5 Å². The molecule has 1 aromatic rings. The van der Waals surface area contributed by atoms with Gasteiger partial charge in [0.15, 0.2) is 0 Å². The molecule has 5 heteroatoms. The Labute approximate surface area is 112 Å². The quantitative estimate of drug-likeness (QED) is 0.605. The summed E-state index contributed by atoms with van der Waals surface area (Å²) in [6.45, 7) is 4.04. The second kappa shape index (κ2) is 5.38. The number of non-ortho nitro benzene ring substituents is 1. The van der Waals surface area contributed by atoms with Crippen molar-refractivity contribution in [3.63, 3.8) is 0 Å². The fraction of sp³-hybridized carbons (Fsp3) is 0.500. The summed E-state index contributed by atoms with van der Waals surface area (Å²) < 4.78 is 0. The third-order valence-corrected chi connectivity index (χ3v) is 3.29. The van der Waals surface area contributed by atoms with Crippen molar-refractivity contribution in [2.75, 3.05) is 0 Å². The van der Waals surface area contributed by atoms with Gasteiger partial charge in [0.2, 0.25) is 5.91 Å². The summed E-state index contributed by atoms with van der Waals surface area (Å²) in [5, 5.41) is 10.6. The van der Waals surface area contributed by atoms with E-state index in [0.29, 0.717) is 12.5 Å². The van der Waals surface area contributed by atoms with E-state index in [9.17, 15) is 14.9 Å². The Hall–Kier alpha value is -1.91. The van der Waals surface area contributed by atoms with E-state index in [1.807, 2.05) is 18.7 Å². The summed E-state index contributed by atoms with van der Waals surface area (Å²) in [6, 6.07) is 6.80. The van der Waals surface area contributed by atoms with Crippen molar-refractivity contribution in [3.05, 3.63) is 39.9 Å². The first kappa shape index (κ1) is 13.5. The lowest BCUT2D eigenvalue weighted by atomic mass is 10.1. The molecule has 0 radical (unpaired) electrons. The predicted octanol–water partition coefficient (Wildman–Crippen LogP) is 2.54. The summed E-state index contributed by atoms with van der Waals surface area (Å²) in [5.74, 6) is 0.103. The van der Waals surface area contributed by atoms with Gasteiger partial charge in [0.1, 0.15) is 0 Å². The molecule has 0 atom stereocenters. The molecule has 0 aliphatic heterocycles. The van der Waals surface area contributed by atoms with Crippen LogP contribution in [0.3, 0.4) is 0 Å². The standard InChI is InChI=1S/C14H18N2O3/c1-10(2)15(12-7-8-12)14(17)9-11-3-5-13(6-4-11)16(18)19/h3-6,10,12H,7-9H2,1-2H3. The minimum absolute atomic E-state index is 0.0547. The number of rotatable bonds is 5. The van der Waals surface area contributed by atoms with Crippen molar-refractivity contribution in [1.82, 2.24) is 4.90 Å². The number of carbonyl (C=O) groups is 1. The zero-order chi connectivity index (χ0) is 14.0.